The highest BCUT2D eigenvalue weighted by Gasteiger charge is 2.42. The van der Waals surface area contributed by atoms with Crippen LogP contribution in [0.1, 0.15) is 59.3 Å². The highest BCUT2D eigenvalue weighted by Crippen LogP contribution is 2.32. The van der Waals surface area contributed by atoms with E-state index in [4.69, 9.17) is 4.74 Å². The van der Waals surface area contributed by atoms with E-state index in [1.54, 1.807) is 0 Å². The van der Waals surface area contributed by atoms with Crippen molar-refractivity contribution < 1.29 is 19.4 Å². The van der Waals surface area contributed by atoms with Crippen LogP contribution in [-0.4, -0.2) is 35.2 Å². The Bertz CT molecular complexity index is 333. The van der Waals surface area contributed by atoms with Crippen LogP contribution in [0.25, 0.3) is 0 Å². The Balaban J connectivity index is 2.42. The van der Waals surface area contributed by atoms with Gasteiger partial charge in [0.05, 0.1) is 6.10 Å². The number of ether oxygens (including phenoxy) is 1. The molecule has 1 aliphatic rings. The van der Waals surface area contributed by atoms with Gasteiger partial charge in [0.25, 0.3) is 0 Å². The van der Waals surface area contributed by atoms with Gasteiger partial charge in [0, 0.05) is 13.0 Å². The van der Waals surface area contributed by atoms with Crippen molar-refractivity contribution in [2.75, 3.05) is 6.61 Å². The number of hydrogen-bond acceptors (Lipinski definition) is 3. The monoisotopic (exact) mass is 285 g/mol. The molecule has 0 bridgehead atoms. The lowest BCUT2D eigenvalue weighted by atomic mass is 9.77. The molecule has 1 rings (SSSR count). The molecule has 1 fully saturated rings. The molecule has 0 atom stereocenters. The van der Waals surface area contributed by atoms with E-state index in [2.05, 4.69) is 12.2 Å². The Morgan fingerprint density at radius 1 is 1.35 bits per heavy atom. The number of carboxylic acid groups (broad SMARTS) is 1. The number of rotatable bonds is 7. The second-order valence-electron chi connectivity index (χ2n) is 6.14. The Kier molecular flexibility index (Phi) is 6.46. The molecule has 1 aliphatic carbocycles. The van der Waals surface area contributed by atoms with Crippen LogP contribution in [0.2, 0.25) is 0 Å². The van der Waals surface area contributed by atoms with Crippen molar-refractivity contribution in [2.24, 2.45) is 5.92 Å². The number of nitrogens with one attached hydrogen (secondary N) is 1. The zero-order valence-corrected chi connectivity index (χ0v) is 12.8. The summed E-state index contributed by atoms with van der Waals surface area (Å²) in [5.41, 5.74) is -1.05. The summed E-state index contributed by atoms with van der Waals surface area (Å²) in [6, 6.07) is 0. The van der Waals surface area contributed by atoms with Crippen molar-refractivity contribution in [3.05, 3.63) is 0 Å². The molecule has 0 aliphatic heterocycles. The third kappa shape index (κ3) is 5.12. The molecule has 5 nitrogen and oxygen atoms in total. The maximum absolute atomic E-state index is 11.9. The summed E-state index contributed by atoms with van der Waals surface area (Å²) in [5.74, 6) is -0.552. The smallest absolute Gasteiger partial charge is 0.329 e. The van der Waals surface area contributed by atoms with Gasteiger partial charge in [-0.2, -0.15) is 0 Å². The average molecular weight is 285 g/mol. The van der Waals surface area contributed by atoms with Gasteiger partial charge in [-0.25, -0.2) is 4.79 Å². The quantitative estimate of drug-likeness (QED) is 0.704. The largest absolute Gasteiger partial charge is 0.480 e. The van der Waals surface area contributed by atoms with Crippen molar-refractivity contribution in [1.29, 1.82) is 0 Å². The van der Waals surface area contributed by atoms with Crippen molar-refractivity contribution in [1.82, 2.24) is 5.32 Å². The number of carboxylic acids is 1. The van der Waals surface area contributed by atoms with Gasteiger partial charge in [0.15, 0.2) is 0 Å². The minimum Gasteiger partial charge on any atom is -0.480 e. The number of aliphatic carboxylic acids is 1. The number of amides is 1. The molecule has 116 valence electrons. The predicted molar refractivity (Wildman–Crippen MR) is 76.5 cm³/mol. The molecule has 0 aromatic rings. The van der Waals surface area contributed by atoms with Crippen molar-refractivity contribution >= 4 is 11.9 Å². The lowest BCUT2D eigenvalue weighted by Gasteiger charge is -2.36. The van der Waals surface area contributed by atoms with Crippen LogP contribution in [0, 0.1) is 5.92 Å². The summed E-state index contributed by atoms with van der Waals surface area (Å²) in [4.78, 5) is 23.4. The first-order chi connectivity index (χ1) is 9.35. The Morgan fingerprint density at radius 2 is 1.95 bits per heavy atom. The Labute approximate surface area is 121 Å². The molecule has 0 aromatic heterocycles. The molecule has 20 heavy (non-hydrogen) atoms. The van der Waals surface area contributed by atoms with E-state index in [1.807, 2.05) is 13.8 Å². The number of carbonyl (C=O) groups is 2. The third-order valence-corrected chi connectivity index (χ3v) is 3.92. The van der Waals surface area contributed by atoms with Crippen LogP contribution in [0.5, 0.6) is 0 Å². The third-order valence-electron chi connectivity index (χ3n) is 3.92. The molecule has 0 radical (unpaired) electrons. The maximum atomic E-state index is 11.9. The van der Waals surface area contributed by atoms with E-state index < -0.39 is 11.5 Å². The summed E-state index contributed by atoms with van der Waals surface area (Å²) >= 11 is 0. The van der Waals surface area contributed by atoms with Crippen LogP contribution in [0.3, 0.4) is 0 Å². The molecule has 0 heterocycles. The van der Waals surface area contributed by atoms with Crippen molar-refractivity contribution in [2.45, 2.75) is 70.9 Å². The van der Waals surface area contributed by atoms with Gasteiger partial charge in [-0.1, -0.05) is 6.92 Å². The van der Waals surface area contributed by atoms with Crippen molar-refractivity contribution in [3.8, 4) is 0 Å². The first kappa shape index (κ1) is 17.0. The highest BCUT2D eigenvalue weighted by molar-refractivity contribution is 5.87. The minimum atomic E-state index is -1.05. The van der Waals surface area contributed by atoms with Crippen LogP contribution >= 0.6 is 0 Å². The molecular formula is C15H27NO4. The van der Waals surface area contributed by atoms with Gasteiger partial charge in [0.2, 0.25) is 5.91 Å². The first-order valence-corrected chi connectivity index (χ1v) is 7.52. The van der Waals surface area contributed by atoms with E-state index in [-0.39, 0.29) is 12.0 Å². The fraction of sp³-hybridized carbons (Fsp3) is 0.867. The van der Waals surface area contributed by atoms with Gasteiger partial charge in [-0.3, -0.25) is 4.79 Å². The topological polar surface area (TPSA) is 75.6 Å². The summed E-state index contributed by atoms with van der Waals surface area (Å²) in [6.45, 7) is 6.55. The second kappa shape index (κ2) is 7.62. The molecule has 5 heteroatoms. The van der Waals surface area contributed by atoms with Gasteiger partial charge in [-0.15, -0.1) is 0 Å². The lowest BCUT2D eigenvalue weighted by molar-refractivity contribution is -0.149. The number of carbonyl (C=O) groups excluding carboxylic acids is 1. The summed E-state index contributed by atoms with van der Waals surface area (Å²) in [7, 11) is 0. The normalized spacial score (nSPS) is 26.5. The van der Waals surface area contributed by atoms with E-state index >= 15 is 0 Å². The van der Waals surface area contributed by atoms with E-state index in [1.165, 1.54) is 0 Å². The fourth-order valence-electron chi connectivity index (χ4n) is 2.53. The van der Waals surface area contributed by atoms with Crippen LogP contribution in [0.15, 0.2) is 0 Å². The second-order valence-corrected chi connectivity index (χ2v) is 6.14. The zero-order chi connectivity index (χ0) is 15.2. The fourth-order valence-corrected chi connectivity index (χ4v) is 2.53. The van der Waals surface area contributed by atoms with Crippen LogP contribution in [0.4, 0.5) is 0 Å². The van der Waals surface area contributed by atoms with E-state index in [0.29, 0.717) is 38.2 Å². The Morgan fingerprint density at radius 3 is 2.45 bits per heavy atom. The summed E-state index contributed by atoms with van der Waals surface area (Å²) < 4.78 is 5.37. The standard InChI is InChI=1S/C15H27NO4/c1-11(2)20-10-4-5-13(17)16-15(14(18)19)8-6-12(3)7-9-15/h11-12H,4-10H2,1-3H3,(H,16,17)(H,18,19). The van der Waals surface area contributed by atoms with Gasteiger partial charge in [-0.05, 0) is 51.9 Å². The molecule has 0 spiro atoms. The van der Waals surface area contributed by atoms with Crippen molar-refractivity contribution in [3.63, 3.8) is 0 Å². The lowest BCUT2D eigenvalue weighted by Crippen LogP contribution is -2.56. The van der Waals surface area contributed by atoms with Gasteiger partial charge < -0.3 is 15.2 Å². The molecule has 1 saturated carbocycles. The molecular weight excluding hydrogens is 258 g/mol. The van der Waals surface area contributed by atoms with E-state index in [9.17, 15) is 14.7 Å². The van der Waals surface area contributed by atoms with Crippen LogP contribution < -0.4 is 5.32 Å². The number of hydrogen-bond donors (Lipinski definition) is 2. The first-order valence-electron chi connectivity index (χ1n) is 7.52. The highest BCUT2D eigenvalue weighted by atomic mass is 16.5. The van der Waals surface area contributed by atoms with Gasteiger partial charge >= 0.3 is 5.97 Å². The molecule has 0 unspecified atom stereocenters. The maximum Gasteiger partial charge on any atom is 0.329 e. The molecule has 2 N–H and O–H groups in total. The summed E-state index contributed by atoms with van der Waals surface area (Å²) in [6.07, 6.45) is 3.85. The zero-order valence-electron chi connectivity index (χ0n) is 12.8. The predicted octanol–water partition coefficient (Wildman–Crippen LogP) is 2.34. The SMILES string of the molecule is CC1CCC(NC(=O)CCCOC(C)C)(C(=O)O)CC1. The van der Waals surface area contributed by atoms with Crippen LogP contribution in [-0.2, 0) is 14.3 Å². The Hall–Kier alpha value is -1.10. The molecule has 0 saturated heterocycles. The minimum absolute atomic E-state index is 0.156. The average Bonchev–Trinajstić information content (AvgIpc) is 2.37. The van der Waals surface area contributed by atoms with Gasteiger partial charge in [0.1, 0.15) is 5.54 Å². The van der Waals surface area contributed by atoms with E-state index in [0.717, 1.165) is 12.8 Å². The molecule has 1 amide bonds. The summed E-state index contributed by atoms with van der Waals surface area (Å²) in [5, 5.41) is 12.2. The molecule has 0 aromatic carbocycles.